The second kappa shape index (κ2) is 9.51. The molecule has 1 rings (SSSR count). The predicted molar refractivity (Wildman–Crippen MR) is 90.9 cm³/mol. The predicted octanol–water partition coefficient (Wildman–Crippen LogP) is 3.27. The molecule has 0 spiro atoms. The van der Waals surface area contributed by atoms with E-state index in [-0.39, 0.29) is 30.0 Å². The second-order valence-corrected chi connectivity index (χ2v) is 6.65. The standard InChI is InChI=1S/C17H25NO3S/c1-4-18(11-10-15(19)20)17(21)16(13(2)3)22-12-14-8-6-5-7-9-14/h5-9,13,16H,4,10-12H2,1-3H3,(H,19,20). The Hall–Kier alpha value is -1.49. The van der Waals surface area contributed by atoms with Gasteiger partial charge in [-0.25, -0.2) is 0 Å². The summed E-state index contributed by atoms with van der Waals surface area (Å²) in [6.07, 6.45) is -0.00620. The van der Waals surface area contributed by atoms with Crippen molar-refractivity contribution in [2.45, 2.75) is 38.2 Å². The van der Waals surface area contributed by atoms with Crippen molar-refractivity contribution >= 4 is 23.6 Å². The Morgan fingerprint density at radius 2 is 1.86 bits per heavy atom. The number of benzene rings is 1. The molecule has 0 aromatic heterocycles. The highest BCUT2D eigenvalue weighted by Gasteiger charge is 2.27. The quantitative estimate of drug-likeness (QED) is 0.758. The van der Waals surface area contributed by atoms with Crippen molar-refractivity contribution in [3.8, 4) is 0 Å². The van der Waals surface area contributed by atoms with Crippen LogP contribution in [-0.2, 0) is 15.3 Å². The number of carbonyl (C=O) groups is 2. The number of carbonyl (C=O) groups excluding carboxylic acids is 1. The van der Waals surface area contributed by atoms with E-state index < -0.39 is 5.97 Å². The van der Waals surface area contributed by atoms with Crippen molar-refractivity contribution in [2.75, 3.05) is 13.1 Å². The molecule has 4 nitrogen and oxygen atoms in total. The van der Waals surface area contributed by atoms with E-state index in [0.29, 0.717) is 6.54 Å². The van der Waals surface area contributed by atoms with E-state index in [2.05, 4.69) is 12.1 Å². The summed E-state index contributed by atoms with van der Waals surface area (Å²) in [6, 6.07) is 10.1. The Morgan fingerprint density at radius 1 is 1.23 bits per heavy atom. The Bertz CT molecular complexity index is 476. The fourth-order valence-electron chi connectivity index (χ4n) is 2.14. The number of hydrogen-bond donors (Lipinski definition) is 1. The van der Waals surface area contributed by atoms with Crippen molar-refractivity contribution in [2.24, 2.45) is 5.92 Å². The number of thioether (sulfide) groups is 1. The Morgan fingerprint density at radius 3 is 2.36 bits per heavy atom. The molecule has 1 atom stereocenters. The smallest absolute Gasteiger partial charge is 0.305 e. The van der Waals surface area contributed by atoms with Gasteiger partial charge in [0.15, 0.2) is 0 Å². The maximum atomic E-state index is 12.7. The van der Waals surface area contributed by atoms with Crippen molar-refractivity contribution in [3.63, 3.8) is 0 Å². The van der Waals surface area contributed by atoms with Crippen LogP contribution < -0.4 is 0 Å². The minimum absolute atomic E-state index is 0.00620. The van der Waals surface area contributed by atoms with E-state index in [1.54, 1.807) is 16.7 Å². The lowest BCUT2D eigenvalue weighted by molar-refractivity contribution is -0.138. The van der Waals surface area contributed by atoms with E-state index in [4.69, 9.17) is 5.11 Å². The molecule has 1 amide bonds. The molecular formula is C17H25NO3S. The minimum Gasteiger partial charge on any atom is -0.481 e. The summed E-state index contributed by atoms with van der Waals surface area (Å²) in [6.45, 7) is 6.78. The lowest BCUT2D eigenvalue weighted by Gasteiger charge is -2.27. The van der Waals surface area contributed by atoms with Gasteiger partial charge in [0.1, 0.15) is 0 Å². The average molecular weight is 323 g/mol. The lowest BCUT2D eigenvalue weighted by atomic mass is 10.1. The van der Waals surface area contributed by atoms with Gasteiger partial charge < -0.3 is 10.0 Å². The highest BCUT2D eigenvalue weighted by molar-refractivity contribution is 7.99. The molecule has 1 N–H and O–H groups in total. The molecule has 1 aromatic carbocycles. The molecule has 0 saturated carbocycles. The third-order valence-corrected chi connectivity index (χ3v) is 5.02. The van der Waals surface area contributed by atoms with E-state index in [9.17, 15) is 9.59 Å². The Kier molecular flexibility index (Phi) is 8.02. The van der Waals surface area contributed by atoms with E-state index in [1.165, 1.54) is 5.56 Å². The molecule has 1 aromatic rings. The van der Waals surface area contributed by atoms with Crippen LogP contribution in [-0.4, -0.2) is 40.2 Å². The number of carboxylic acids is 1. The van der Waals surface area contributed by atoms with E-state index >= 15 is 0 Å². The number of rotatable bonds is 9. The number of carboxylic acid groups (broad SMARTS) is 1. The van der Waals surface area contributed by atoms with Crippen LogP contribution in [0.5, 0.6) is 0 Å². The summed E-state index contributed by atoms with van der Waals surface area (Å²) in [5.74, 6) is 0.162. The number of amides is 1. The van der Waals surface area contributed by atoms with Crippen LogP contribution in [0.25, 0.3) is 0 Å². The van der Waals surface area contributed by atoms with Crippen molar-refractivity contribution in [1.82, 2.24) is 4.90 Å². The van der Waals surface area contributed by atoms with Crippen LogP contribution in [0.1, 0.15) is 32.8 Å². The third-order valence-electron chi connectivity index (χ3n) is 3.41. The fourth-order valence-corrected chi connectivity index (χ4v) is 3.38. The van der Waals surface area contributed by atoms with Gasteiger partial charge in [-0.05, 0) is 18.4 Å². The molecule has 0 aliphatic carbocycles. The highest BCUT2D eigenvalue weighted by atomic mass is 32.2. The van der Waals surface area contributed by atoms with E-state index in [0.717, 1.165) is 5.75 Å². The molecule has 0 saturated heterocycles. The molecule has 0 radical (unpaired) electrons. The van der Waals surface area contributed by atoms with Gasteiger partial charge in [-0.3, -0.25) is 9.59 Å². The highest BCUT2D eigenvalue weighted by Crippen LogP contribution is 2.25. The maximum Gasteiger partial charge on any atom is 0.305 e. The van der Waals surface area contributed by atoms with Crippen LogP contribution in [0.2, 0.25) is 0 Å². The molecular weight excluding hydrogens is 298 g/mol. The molecule has 0 fully saturated rings. The van der Waals surface area contributed by atoms with Crippen molar-refractivity contribution in [1.29, 1.82) is 0 Å². The topological polar surface area (TPSA) is 57.6 Å². The zero-order valence-electron chi connectivity index (χ0n) is 13.5. The maximum absolute atomic E-state index is 12.7. The van der Waals surface area contributed by atoms with Gasteiger partial charge in [0.2, 0.25) is 5.91 Å². The summed E-state index contributed by atoms with van der Waals surface area (Å²) in [4.78, 5) is 25.0. The first-order valence-electron chi connectivity index (χ1n) is 7.61. The largest absolute Gasteiger partial charge is 0.481 e. The number of hydrogen-bond acceptors (Lipinski definition) is 3. The SMILES string of the molecule is CCN(CCC(=O)O)C(=O)C(SCc1ccccc1)C(C)C. The number of aliphatic carboxylic acids is 1. The Balaban J connectivity index is 2.67. The molecule has 122 valence electrons. The summed E-state index contributed by atoms with van der Waals surface area (Å²) in [5.41, 5.74) is 1.19. The average Bonchev–Trinajstić information content (AvgIpc) is 2.48. The molecule has 22 heavy (non-hydrogen) atoms. The molecule has 5 heteroatoms. The number of nitrogens with zero attached hydrogens (tertiary/aromatic N) is 1. The van der Waals surface area contributed by atoms with Crippen LogP contribution in [0.15, 0.2) is 30.3 Å². The van der Waals surface area contributed by atoms with Gasteiger partial charge in [0.25, 0.3) is 0 Å². The van der Waals surface area contributed by atoms with E-state index in [1.807, 2.05) is 39.0 Å². The monoisotopic (exact) mass is 323 g/mol. The molecule has 0 heterocycles. The first-order chi connectivity index (χ1) is 10.5. The molecule has 0 aliphatic rings. The summed E-state index contributed by atoms with van der Waals surface area (Å²) < 4.78 is 0. The third kappa shape index (κ3) is 6.10. The molecule has 1 unspecified atom stereocenters. The minimum atomic E-state index is -0.871. The van der Waals surface area contributed by atoms with Crippen LogP contribution in [0, 0.1) is 5.92 Å². The van der Waals surface area contributed by atoms with Crippen molar-refractivity contribution < 1.29 is 14.7 Å². The zero-order valence-corrected chi connectivity index (χ0v) is 14.3. The van der Waals surface area contributed by atoms with Crippen molar-refractivity contribution in [3.05, 3.63) is 35.9 Å². The van der Waals surface area contributed by atoms with Crippen LogP contribution >= 0.6 is 11.8 Å². The summed E-state index contributed by atoms with van der Waals surface area (Å²) in [7, 11) is 0. The normalized spacial score (nSPS) is 12.2. The van der Waals surface area contributed by atoms with Gasteiger partial charge >= 0.3 is 5.97 Å². The zero-order chi connectivity index (χ0) is 16.5. The van der Waals surface area contributed by atoms with Gasteiger partial charge in [-0.15, -0.1) is 11.8 Å². The summed E-state index contributed by atoms with van der Waals surface area (Å²) >= 11 is 1.63. The lowest BCUT2D eigenvalue weighted by Crippen LogP contribution is -2.41. The molecule has 0 aliphatic heterocycles. The van der Waals surface area contributed by atoms with Gasteiger partial charge in [0.05, 0.1) is 11.7 Å². The fraction of sp³-hybridized carbons (Fsp3) is 0.529. The first-order valence-corrected chi connectivity index (χ1v) is 8.66. The van der Waals surface area contributed by atoms with Gasteiger partial charge in [-0.1, -0.05) is 44.2 Å². The first kappa shape index (κ1) is 18.6. The molecule has 0 bridgehead atoms. The van der Waals surface area contributed by atoms with Crippen LogP contribution in [0.3, 0.4) is 0 Å². The van der Waals surface area contributed by atoms with Gasteiger partial charge in [0, 0.05) is 18.8 Å². The van der Waals surface area contributed by atoms with Gasteiger partial charge in [-0.2, -0.15) is 0 Å². The Labute approximate surface area is 136 Å². The van der Waals surface area contributed by atoms with Crippen LogP contribution in [0.4, 0.5) is 0 Å². The second-order valence-electron chi connectivity index (χ2n) is 5.52. The summed E-state index contributed by atoms with van der Waals surface area (Å²) in [5, 5.41) is 8.65.